The molecule has 0 unspecified atom stereocenters. The first-order valence-electron chi connectivity index (χ1n) is 5.43. The summed E-state index contributed by atoms with van der Waals surface area (Å²) in [6.45, 7) is 3.12. The predicted molar refractivity (Wildman–Crippen MR) is 65.4 cm³/mol. The van der Waals surface area contributed by atoms with E-state index < -0.39 is 22.1 Å². The van der Waals surface area contributed by atoms with Gasteiger partial charge in [-0.1, -0.05) is 0 Å². The fraction of sp³-hybridized carbons (Fsp3) is 0.364. The minimum Gasteiger partial charge on any atom is -0.352 e. The van der Waals surface area contributed by atoms with Crippen molar-refractivity contribution < 1.29 is 9.72 Å². The summed E-state index contributed by atoms with van der Waals surface area (Å²) in [7, 11) is 0. The maximum atomic E-state index is 11.7. The molecule has 0 saturated carbocycles. The number of rotatable bonds is 4. The summed E-state index contributed by atoms with van der Waals surface area (Å²) in [6, 6.07) is 2.35. The van der Waals surface area contributed by atoms with E-state index in [9.17, 15) is 19.7 Å². The number of pyridine rings is 1. The monoisotopic (exact) mass is 264 g/mol. The van der Waals surface area contributed by atoms with Crippen molar-refractivity contribution in [1.82, 2.24) is 9.88 Å². The maximum absolute atomic E-state index is 11.7. The van der Waals surface area contributed by atoms with Gasteiger partial charge in [0, 0.05) is 12.1 Å². The highest BCUT2D eigenvalue weighted by Gasteiger charge is 2.15. The van der Waals surface area contributed by atoms with Crippen LogP contribution in [0.1, 0.15) is 19.4 Å². The summed E-state index contributed by atoms with van der Waals surface area (Å²) in [5.74, 6) is -0.457. The van der Waals surface area contributed by atoms with Crippen LogP contribution < -0.4 is 10.9 Å². The SMILES string of the molecule is CC(C)NC(=O)Cn1cc([N+](=O)[O-])cc(C#N)c1=O. The van der Waals surface area contributed by atoms with E-state index in [2.05, 4.69) is 5.32 Å². The normalized spacial score (nSPS) is 10.0. The van der Waals surface area contributed by atoms with Crippen LogP contribution in [0.15, 0.2) is 17.1 Å². The minimum absolute atomic E-state index is 0.114. The molecule has 19 heavy (non-hydrogen) atoms. The largest absolute Gasteiger partial charge is 0.352 e. The summed E-state index contributed by atoms with van der Waals surface area (Å²) < 4.78 is 0.856. The van der Waals surface area contributed by atoms with E-state index in [4.69, 9.17) is 5.26 Å². The number of carbonyl (C=O) groups is 1. The van der Waals surface area contributed by atoms with Crippen LogP contribution in [0.25, 0.3) is 0 Å². The summed E-state index contributed by atoms with van der Waals surface area (Å²) >= 11 is 0. The minimum atomic E-state index is -0.730. The van der Waals surface area contributed by atoms with E-state index in [1.165, 1.54) is 0 Å². The van der Waals surface area contributed by atoms with Crippen molar-refractivity contribution in [2.24, 2.45) is 0 Å². The average molecular weight is 264 g/mol. The van der Waals surface area contributed by atoms with Crippen molar-refractivity contribution in [1.29, 1.82) is 5.26 Å². The number of nitrogens with one attached hydrogen (secondary N) is 1. The zero-order valence-corrected chi connectivity index (χ0v) is 10.4. The second-order valence-electron chi connectivity index (χ2n) is 4.14. The summed E-state index contributed by atoms with van der Waals surface area (Å²) in [5, 5.41) is 22.0. The molecule has 0 aliphatic heterocycles. The van der Waals surface area contributed by atoms with Crippen LogP contribution in [-0.4, -0.2) is 21.4 Å². The van der Waals surface area contributed by atoms with Gasteiger partial charge in [0.05, 0.1) is 11.1 Å². The van der Waals surface area contributed by atoms with Crippen LogP contribution >= 0.6 is 0 Å². The van der Waals surface area contributed by atoms with Crippen molar-refractivity contribution in [3.05, 3.63) is 38.3 Å². The van der Waals surface area contributed by atoms with E-state index in [-0.39, 0.29) is 18.2 Å². The molecular weight excluding hydrogens is 252 g/mol. The number of hydrogen-bond acceptors (Lipinski definition) is 5. The Bertz CT molecular complexity index is 612. The molecule has 1 heterocycles. The van der Waals surface area contributed by atoms with Gasteiger partial charge < -0.3 is 5.32 Å². The van der Waals surface area contributed by atoms with Gasteiger partial charge in [0.25, 0.3) is 11.2 Å². The van der Waals surface area contributed by atoms with Gasteiger partial charge in [-0.05, 0) is 13.8 Å². The van der Waals surface area contributed by atoms with Crippen molar-refractivity contribution in [3.8, 4) is 6.07 Å². The molecule has 8 nitrogen and oxygen atoms in total. The quantitative estimate of drug-likeness (QED) is 0.613. The molecule has 0 spiro atoms. The van der Waals surface area contributed by atoms with Crippen molar-refractivity contribution in [3.63, 3.8) is 0 Å². The van der Waals surface area contributed by atoms with E-state index in [1.54, 1.807) is 19.9 Å². The van der Waals surface area contributed by atoms with Crippen LogP contribution in [0.3, 0.4) is 0 Å². The van der Waals surface area contributed by atoms with E-state index in [0.29, 0.717) is 0 Å². The summed E-state index contributed by atoms with van der Waals surface area (Å²) in [5.41, 5.74) is -1.51. The Morgan fingerprint density at radius 2 is 2.26 bits per heavy atom. The van der Waals surface area contributed by atoms with Crippen LogP contribution in [0.5, 0.6) is 0 Å². The second kappa shape index (κ2) is 5.77. The fourth-order valence-electron chi connectivity index (χ4n) is 1.44. The molecule has 0 saturated heterocycles. The fourth-order valence-corrected chi connectivity index (χ4v) is 1.44. The molecule has 0 aromatic carbocycles. The third-order valence-electron chi connectivity index (χ3n) is 2.17. The Morgan fingerprint density at radius 1 is 1.63 bits per heavy atom. The average Bonchev–Trinajstić information content (AvgIpc) is 2.30. The lowest BCUT2D eigenvalue weighted by molar-refractivity contribution is -0.385. The predicted octanol–water partition coefficient (Wildman–Crippen LogP) is 0.153. The van der Waals surface area contributed by atoms with Crippen LogP contribution in [0.4, 0.5) is 5.69 Å². The third-order valence-corrected chi connectivity index (χ3v) is 2.17. The Balaban J connectivity index is 3.17. The Kier molecular flexibility index (Phi) is 4.36. The number of nitriles is 1. The van der Waals surface area contributed by atoms with Gasteiger partial charge in [-0.3, -0.25) is 24.3 Å². The highest BCUT2D eigenvalue weighted by atomic mass is 16.6. The molecule has 0 fully saturated rings. The van der Waals surface area contributed by atoms with Crippen LogP contribution in [-0.2, 0) is 11.3 Å². The first kappa shape index (κ1) is 14.4. The van der Waals surface area contributed by atoms with Crippen LogP contribution in [0.2, 0.25) is 0 Å². The zero-order chi connectivity index (χ0) is 14.6. The van der Waals surface area contributed by atoms with Crippen molar-refractivity contribution >= 4 is 11.6 Å². The summed E-state index contributed by atoms with van der Waals surface area (Å²) in [6.07, 6.45) is 0.948. The lowest BCUT2D eigenvalue weighted by Gasteiger charge is -2.09. The standard InChI is InChI=1S/C11H12N4O4/c1-7(2)13-10(16)6-14-5-9(15(18)19)3-8(4-12)11(14)17/h3,5,7H,6H2,1-2H3,(H,13,16). The molecule has 1 aromatic rings. The molecule has 1 aromatic heterocycles. The van der Waals surface area contributed by atoms with Gasteiger partial charge in [-0.25, -0.2) is 0 Å². The molecule has 8 heteroatoms. The maximum Gasteiger partial charge on any atom is 0.287 e. The Morgan fingerprint density at radius 3 is 2.74 bits per heavy atom. The van der Waals surface area contributed by atoms with Gasteiger partial charge in [-0.2, -0.15) is 5.26 Å². The van der Waals surface area contributed by atoms with E-state index in [1.807, 2.05) is 0 Å². The first-order chi connectivity index (χ1) is 8.85. The molecule has 0 radical (unpaired) electrons. The van der Waals surface area contributed by atoms with Crippen molar-refractivity contribution in [2.75, 3.05) is 0 Å². The number of nitrogens with zero attached hydrogens (tertiary/aromatic N) is 3. The third kappa shape index (κ3) is 3.64. The molecule has 0 aliphatic rings. The summed E-state index contributed by atoms with van der Waals surface area (Å²) in [4.78, 5) is 33.2. The van der Waals surface area contributed by atoms with Gasteiger partial charge in [0.1, 0.15) is 18.2 Å². The first-order valence-corrected chi connectivity index (χ1v) is 5.43. The van der Waals surface area contributed by atoms with Crippen molar-refractivity contribution in [2.45, 2.75) is 26.4 Å². The Hall–Kier alpha value is -2.69. The number of hydrogen-bond donors (Lipinski definition) is 1. The molecule has 0 bridgehead atoms. The van der Waals surface area contributed by atoms with E-state index in [0.717, 1.165) is 16.8 Å². The molecule has 0 atom stereocenters. The molecule has 1 rings (SSSR count). The lowest BCUT2D eigenvalue weighted by atomic mass is 10.2. The molecule has 1 N–H and O–H groups in total. The van der Waals surface area contributed by atoms with Crippen LogP contribution in [0, 0.1) is 21.4 Å². The topological polar surface area (TPSA) is 118 Å². The number of nitro groups is 1. The molecule has 100 valence electrons. The molecule has 0 aliphatic carbocycles. The number of amides is 1. The van der Waals surface area contributed by atoms with Gasteiger partial charge in [0.15, 0.2) is 0 Å². The van der Waals surface area contributed by atoms with Gasteiger partial charge >= 0.3 is 0 Å². The zero-order valence-electron chi connectivity index (χ0n) is 10.4. The molecular formula is C11H12N4O4. The number of aromatic nitrogens is 1. The van der Waals surface area contributed by atoms with Gasteiger partial charge in [-0.15, -0.1) is 0 Å². The number of carbonyl (C=O) groups excluding carboxylic acids is 1. The molecule has 1 amide bonds. The smallest absolute Gasteiger partial charge is 0.287 e. The van der Waals surface area contributed by atoms with Gasteiger partial charge in [0.2, 0.25) is 5.91 Å². The highest BCUT2D eigenvalue weighted by molar-refractivity contribution is 5.76. The van der Waals surface area contributed by atoms with E-state index >= 15 is 0 Å². The highest BCUT2D eigenvalue weighted by Crippen LogP contribution is 2.09. The Labute approximate surface area is 108 Å². The lowest BCUT2D eigenvalue weighted by Crippen LogP contribution is -2.36. The second-order valence-corrected chi connectivity index (χ2v) is 4.14.